The van der Waals surface area contributed by atoms with Crippen LogP contribution in [0.2, 0.25) is 0 Å². The second-order valence-corrected chi connectivity index (χ2v) is 4.00. The van der Waals surface area contributed by atoms with Gasteiger partial charge in [-0.05, 0) is 25.1 Å². The summed E-state index contributed by atoms with van der Waals surface area (Å²) in [5.74, 6) is -0.933. The minimum atomic E-state index is -0.741. The van der Waals surface area contributed by atoms with Gasteiger partial charge in [0.2, 0.25) is 0 Å². The average molecular weight is 249 g/mol. The molecule has 0 fully saturated rings. The number of halogens is 2. The highest BCUT2D eigenvalue weighted by Crippen LogP contribution is 2.30. The summed E-state index contributed by atoms with van der Waals surface area (Å²) < 4.78 is 31.7. The first-order valence-electron chi connectivity index (χ1n) is 5.55. The van der Waals surface area contributed by atoms with E-state index in [1.807, 2.05) is 13.0 Å². The SMILES string of the molecule is CC(N)c1ccccc1Oc1ccc(F)cc1F. The van der Waals surface area contributed by atoms with Crippen molar-refractivity contribution in [3.63, 3.8) is 0 Å². The molecule has 2 aromatic rings. The fourth-order valence-corrected chi connectivity index (χ4v) is 1.63. The quantitative estimate of drug-likeness (QED) is 0.898. The molecule has 1 unspecified atom stereocenters. The lowest BCUT2D eigenvalue weighted by Crippen LogP contribution is -2.06. The van der Waals surface area contributed by atoms with Crippen LogP contribution in [0.25, 0.3) is 0 Å². The van der Waals surface area contributed by atoms with Gasteiger partial charge in [0.05, 0.1) is 0 Å². The fourth-order valence-electron chi connectivity index (χ4n) is 1.63. The lowest BCUT2D eigenvalue weighted by atomic mass is 10.1. The molecule has 0 amide bonds. The zero-order chi connectivity index (χ0) is 13.1. The Labute approximate surface area is 104 Å². The van der Waals surface area contributed by atoms with Gasteiger partial charge in [-0.3, -0.25) is 0 Å². The lowest BCUT2D eigenvalue weighted by molar-refractivity contribution is 0.431. The fraction of sp³-hybridized carbons (Fsp3) is 0.143. The van der Waals surface area contributed by atoms with Crippen LogP contribution in [0.3, 0.4) is 0 Å². The summed E-state index contributed by atoms with van der Waals surface area (Å²) in [6.07, 6.45) is 0. The Kier molecular flexibility index (Phi) is 3.58. The first-order valence-corrected chi connectivity index (χ1v) is 5.55. The van der Waals surface area contributed by atoms with Crippen molar-refractivity contribution in [2.75, 3.05) is 0 Å². The Morgan fingerprint density at radius 1 is 1.06 bits per heavy atom. The summed E-state index contributed by atoms with van der Waals surface area (Å²) in [6, 6.07) is 10.0. The number of ether oxygens (including phenoxy) is 1. The van der Waals surface area contributed by atoms with E-state index in [4.69, 9.17) is 10.5 Å². The smallest absolute Gasteiger partial charge is 0.168 e. The van der Waals surface area contributed by atoms with E-state index in [0.29, 0.717) is 5.75 Å². The predicted molar refractivity (Wildman–Crippen MR) is 65.5 cm³/mol. The average Bonchev–Trinajstić information content (AvgIpc) is 2.33. The molecule has 0 spiro atoms. The van der Waals surface area contributed by atoms with Crippen LogP contribution in [0.15, 0.2) is 42.5 Å². The third kappa shape index (κ3) is 2.65. The van der Waals surface area contributed by atoms with E-state index in [2.05, 4.69) is 0 Å². The molecule has 0 saturated heterocycles. The van der Waals surface area contributed by atoms with Gasteiger partial charge in [-0.2, -0.15) is 0 Å². The second kappa shape index (κ2) is 5.14. The number of hydrogen-bond donors (Lipinski definition) is 1. The first-order chi connectivity index (χ1) is 8.58. The van der Waals surface area contributed by atoms with E-state index < -0.39 is 11.6 Å². The minimum absolute atomic E-state index is 0.0236. The molecule has 0 aliphatic rings. The number of para-hydroxylation sites is 1. The van der Waals surface area contributed by atoms with Crippen molar-refractivity contribution in [1.29, 1.82) is 0 Å². The van der Waals surface area contributed by atoms with Crippen molar-refractivity contribution < 1.29 is 13.5 Å². The Morgan fingerprint density at radius 2 is 1.78 bits per heavy atom. The van der Waals surface area contributed by atoms with Crippen LogP contribution in [-0.2, 0) is 0 Å². The molecule has 0 saturated carbocycles. The molecular weight excluding hydrogens is 236 g/mol. The summed E-state index contributed by atoms with van der Waals surface area (Å²) >= 11 is 0. The Balaban J connectivity index is 2.34. The van der Waals surface area contributed by atoms with Gasteiger partial charge >= 0.3 is 0 Å². The maximum atomic E-state index is 13.5. The van der Waals surface area contributed by atoms with Crippen LogP contribution in [0.1, 0.15) is 18.5 Å². The van der Waals surface area contributed by atoms with Crippen molar-refractivity contribution in [3.8, 4) is 11.5 Å². The van der Waals surface area contributed by atoms with Crippen LogP contribution in [-0.4, -0.2) is 0 Å². The molecule has 18 heavy (non-hydrogen) atoms. The van der Waals surface area contributed by atoms with Crippen LogP contribution >= 0.6 is 0 Å². The maximum absolute atomic E-state index is 13.5. The molecule has 4 heteroatoms. The second-order valence-electron chi connectivity index (χ2n) is 4.00. The molecule has 0 aromatic heterocycles. The molecule has 0 heterocycles. The lowest BCUT2D eigenvalue weighted by Gasteiger charge is -2.13. The van der Waals surface area contributed by atoms with E-state index in [-0.39, 0.29) is 11.8 Å². The zero-order valence-electron chi connectivity index (χ0n) is 9.86. The molecule has 0 aliphatic heterocycles. The standard InChI is InChI=1S/C14H13F2NO/c1-9(17)11-4-2-3-5-13(11)18-14-7-6-10(15)8-12(14)16/h2-9H,17H2,1H3. The van der Waals surface area contributed by atoms with Crippen LogP contribution in [0.5, 0.6) is 11.5 Å². The number of rotatable bonds is 3. The van der Waals surface area contributed by atoms with E-state index in [1.54, 1.807) is 18.2 Å². The Morgan fingerprint density at radius 3 is 2.44 bits per heavy atom. The van der Waals surface area contributed by atoms with Crippen LogP contribution in [0.4, 0.5) is 8.78 Å². The zero-order valence-corrected chi connectivity index (χ0v) is 9.86. The molecule has 2 nitrogen and oxygen atoms in total. The minimum Gasteiger partial charge on any atom is -0.454 e. The molecule has 2 rings (SSSR count). The maximum Gasteiger partial charge on any atom is 0.168 e. The topological polar surface area (TPSA) is 35.2 Å². The third-order valence-electron chi connectivity index (χ3n) is 2.52. The first kappa shape index (κ1) is 12.5. The molecular formula is C14H13F2NO. The normalized spacial score (nSPS) is 12.2. The molecule has 94 valence electrons. The highest BCUT2D eigenvalue weighted by atomic mass is 19.1. The molecule has 0 bridgehead atoms. The molecule has 0 radical (unpaired) electrons. The molecule has 2 aromatic carbocycles. The van der Waals surface area contributed by atoms with Gasteiger partial charge in [0.1, 0.15) is 11.6 Å². The van der Waals surface area contributed by atoms with E-state index in [9.17, 15) is 8.78 Å². The summed E-state index contributed by atoms with van der Waals surface area (Å²) in [5.41, 5.74) is 6.56. The van der Waals surface area contributed by atoms with Gasteiger partial charge in [0.15, 0.2) is 11.6 Å². The van der Waals surface area contributed by atoms with Gasteiger partial charge < -0.3 is 10.5 Å². The molecule has 2 N–H and O–H groups in total. The summed E-state index contributed by atoms with van der Waals surface area (Å²) in [4.78, 5) is 0. The summed E-state index contributed by atoms with van der Waals surface area (Å²) in [6.45, 7) is 1.81. The predicted octanol–water partition coefficient (Wildman–Crippen LogP) is 3.78. The number of hydrogen-bond acceptors (Lipinski definition) is 2. The van der Waals surface area contributed by atoms with Crippen molar-refractivity contribution >= 4 is 0 Å². The molecule has 0 aliphatic carbocycles. The third-order valence-corrected chi connectivity index (χ3v) is 2.52. The highest BCUT2D eigenvalue weighted by Gasteiger charge is 2.11. The molecule has 1 atom stereocenters. The van der Waals surface area contributed by atoms with Gasteiger partial charge in [-0.1, -0.05) is 18.2 Å². The number of benzene rings is 2. The number of nitrogens with two attached hydrogens (primary N) is 1. The van der Waals surface area contributed by atoms with Crippen molar-refractivity contribution in [2.24, 2.45) is 5.73 Å². The van der Waals surface area contributed by atoms with E-state index in [1.165, 1.54) is 6.07 Å². The van der Waals surface area contributed by atoms with Gasteiger partial charge in [0.25, 0.3) is 0 Å². The largest absolute Gasteiger partial charge is 0.454 e. The van der Waals surface area contributed by atoms with Gasteiger partial charge in [-0.25, -0.2) is 8.78 Å². The van der Waals surface area contributed by atoms with Crippen molar-refractivity contribution in [3.05, 3.63) is 59.7 Å². The van der Waals surface area contributed by atoms with Crippen molar-refractivity contribution in [2.45, 2.75) is 13.0 Å². The van der Waals surface area contributed by atoms with Gasteiger partial charge in [-0.15, -0.1) is 0 Å². The summed E-state index contributed by atoms with van der Waals surface area (Å²) in [7, 11) is 0. The summed E-state index contributed by atoms with van der Waals surface area (Å²) in [5, 5.41) is 0. The van der Waals surface area contributed by atoms with Crippen LogP contribution < -0.4 is 10.5 Å². The monoisotopic (exact) mass is 249 g/mol. The highest BCUT2D eigenvalue weighted by molar-refractivity contribution is 5.39. The van der Waals surface area contributed by atoms with Gasteiger partial charge in [0, 0.05) is 17.7 Å². The Bertz CT molecular complexity index is 555. The van der Waals surface area contributed by atoms with Crippen LogP contribution in [0, 0.1) is 11.6 Å². The van der Waals surface area contributed by atoms with Crippen molar-refractivity contribution in [1.82, 2.24) is 0 Å². The van der Waals surface area contributed by atoms with E-state index >= 15 is 0 Å². The van der Waals surface area contributed by atoms with E-state index in [0.717, 1.165) is 17.7 Å². The Hall–Kier alpha value is -1.94.